The van der Waals surface area contributed by atoms with Crippen molar-refractivity contribution >= 4 is 11.8 Å². The zero-order valence-electron chi connectivity index (χ0n) is 12.1. The lowest BCUT2D eigenvalue weighted by Crippen LogP contribution is -2.21. The molecule has 1 atom stereocenters. The average molecular weight is 283 g/mol. The Balaban J connectivity index is 1.83. The van der Waals surface area contributed by atoms with E-state index in [0.717, 1.165) is 0 Å². The van der Waals surface area contributed by atoms with E-state index < -0.39 is 0 Å². The van der Waals surface area contributed by atoms with Crippen molar-refractivity contribution in [2.45, 2.75) is 42.0 Å². The Kier molecular flexibility index (Phi) is 4.13. The molecule has 0 amide bonds. The smallest absolute Gasteiger partial charge is 0.0320 e. The summed E-state index contributed by atoms with van der Waals surface area (Å²) in [5.41, 5.74) is 4.33. The highest BCUT2D eigenvalue weighted by atomic mass is 32.2. The second-order valence-corrected chi connectivity index (χ2v) is 6.66. The Labute approximate surface area is 125 Å². The number of benzene rings is 2. The molecule has 0 fully saturated rings. The summed E-state index contributed by atoms with van der Waals surface area (Å²) >= 11 is 1.86. The average Bonchev–Trinajstić information content (AvgIpc) is 2.49. The van der Waals surface area contributed by atoms with Gasteiger partial charge in [-0.3, -0.25) is 0 Å². The van der Waals surface area contributed by atoms with Gasteiger partial charge in [0, 0.05) is 15.8 Å². The number of fused-ring (bicyclic) bond motifs is 1. The van der Waals surface area contributed by atoms with Crippen LogP contribution in [0.15, 0.2) is 52.3 Å². The zero-order chi connectivity index (χ0) is 13.9. The van der Waals surface area contributed by atoms with Gasteiger partial charge in [0.25, 0.3) is 0 Å². The van der Waals surface area contributed by atoms with Crippen molar-refractivity contribution in [1.29, 1.82) is 0 Å². The Hall–Kier alpha value is -1.25. The van der Waals surface area contributed by atoms with Crippen LogP contribution in [-0.2, 0) is 6.42 Å². The molecule has 0 bridgehead atoms. The summed E-state index contributed by atoms with van der Waals surface area (Å²) < 4.78 is 0. The van der Waals surface area contributed by atoms with Crippen molar-refractivity contribution in [1.82, 2.24) is 5.32 Å². The molecule has 104 valence electrons. The van der Waals surface area contributed by atoms with Crippen molar-refractivity contribution in [3.63, 3.8) is 0 Å². The predicted octanol–water partition coefficient (Wildman–Crippen LogP) is 4.74. The van der Waals surface area contributed by atoms with Gasteiger partial charge in [0.2, 0.25) is 0 Å². The van der Waals surface area contributed by atoms with Crippen LogP contribution in [0.4, 0.5) is 0 Å². The molecular formula is C18H21NS. The van der Waals surface area contributed by atoms with Gasteiger partial charge in [0.1, 0.15) is 0 Å². The van der Waals surface area contributed by atoms with Gasteiger partial charge in [-0.25, -0.2) is 0 Å². The van der Waals surface area contributed by atoms with E-state index in [0.29, 0.717) is 6.04 Å². The van der Waals surface area contributed by atoms with Crippen LogP contribution in [-0.4, -0.2) is 7.05 Å². The number of nitrogens with one attached hydrogen (secondary N) is 1. The minimum Gasteiger partial charge on any atom is -0.313 e. The van der Waals surface area contributed by atoms with Crippen LogP contribution in [0, 0.1) is 6.92 Å². The largest absolute Gasteiger partial charge is 0.313 e. The van der Waals surface area contributed by atoms with E-state index in [4.69, 9.17) is 0 Å². The third kappa shape index (κ3) is 2.92. The van der Waals surface area contributed by atoms with Gasteiger partial charge in [0.05, 0.1) is 0 Å². The minimum atomic E-state index is 0.539. The maximum Gasteiger partial charge on any atom is 0.0320 e. The molecular weight excluding hydrogens is 262 g/mol. The fourth-order valence-electron chi connectivity index (χ4n) is 2.90. The molecule has 0 saturated heterocycles. The maximum atomic E-state index is 3.43. The molecule has 3 rings (SSSR count). The van der Waals surface area contributed by atoms with E-state index in [2.05, 4.69) is 61.8 Å². The first-order valence-electron chi connectivity index (χ1n) is 7.31. The molecule has 2 heteroatoms. The maximum absolute atomic E-state index is 3.43. The first-order chi connectivity index (χ1) is 9.76. The molecule has 1 aliphatic rings. The van der Waals surface area contributed by atoms with Gasteiger partial charge in [-0.15, -0.1) is 0 Å². The van der Waals surface area contributed by atoms with Crippen molar-refractivity contribution in [3.05, 3.63) is 59.2 Å². The molecule has 0 aromatic heterocycles. The van der Waals surface area contributed by atoms with E-state index in [1.54, 1.807) is 0 Å². The van der Waals surface area contributed by atoms with Crippen LogP contribution in [0.2, 0.25) is 0 Å². The number of hydrogen-bond acceptors (Lipinski definition) is 2. The normalized spacial score (nSPS) is 17.8. The molecule has 0 radical (unpaired) electrons. The Morgan fingerprint density at radius 2 is 1.80 bits per heavy atom. The number of hydrogen-bond donors (Lipinski definition) is 1. The summed E-state index contributed by atoms with van der Waals surface area (Å²) in [4.78, 5) is 2.67. The van der Waals surface area contributed by atoms with E-state index in [1.165, 1.54) is 45.7 Å². The van der Waals surface area contributed by atoms with Gasteiger partial charge >= 0.3 is 0 Å². The van der Waals surface area contributed by atoms with Gasteiger partial charge in [-0.05, 0) is 68.6 Å². The summed E-state index contributed by atoms with van der Waals surface area (Å²) in [6.07, 6.45) is 3.76. The van der Waals surface area contributed by atoms with Crippen LogP contribution in [0.3, 0.4) is 0 Å². The van der Waals surface area contributed by atoms with Gasteiger partial charge in [-0.2, -0.15) is 0 Å². The monoisotopic (exact) mass is 283 g/mol. The van der Waals surface area contributed by atoms with E-state index in [9.17, 15) is 0 Å². The fraction of sp³-hybridized carbons (Fsp3) is 0.333. The van der Waals surface area contributed by atoms with Crippen molar-refractivity contribution in [2.75, 3.05) is 7.05 Å². The SMILES string of the molecule is CNC1CCCc2cc(Sc3ccc(C)cc3)ccc21. The highest BCUT2D eigenvalue weighted by Crippen LogP contribution is 2.34. The predicted molar refractivity (Wildman–Crippen MR) is 86.5 cm³/mol. The van der Waals surface area contributed by atoms with E-state index in [-0.39, 0.29) is 0 Å². The van der Waals surface area contributed by atoms with E-state index >= 15 is 0 Å². The van der Waals surface area contributed by atoms with Gasteiger partial charge in [0.15, 0.2) is 0 Å². The zero-order valence-corrected chi connectivity index (χ0v) is 13.0. The van der Waals surface area contributed by atoms with Gasteiger partial charge < -0.3 is 5.32 Å². The fourth-order valence-corrected chi connectivity index (χ4v) is 3.78. The Morgan fingerprint density at radius 3 is 2.55 bits per heavy atom. The molecule has 0 aliphatic heterocycles. The summed E-state index contributed by atoms with van der Waals surface area (Å²) in [7, 11) is 2.06. The lowest BCUT2D eigenvalue weighted by Gasteiger charge is -2.25. The summed E-state index contributed by atoms with van der Waals surface area (Å²) in [6, 6.07) is 16.3. The number of rotatable bonds is 3. The van der Waals surface area contributed by atoms with Crippen molar-refractivity contribution in [2.24, 2.45) is 0 Å². The van der Waals surface area contributed by atoms with Crippen LogP contribution >= 0.6 is 11.8 Å². The lowest BCUT2D eigenvalue weighted by atomic mass is 9.88. The highest BCUT2D eigenvalue weighted by molar-refractivity contribution is 7.99. The standard InChI is InChI=1S/C18H21NS/c1-13-6-8-15(9-7-13)20-16-10-11-17-14(12-16)4-3-5-18(17)19-2/h6-12,18-19H,3-5H2,1-2H3. The van der Waals surface area contributed by atoms with Crippen LogP contribution < -0.4 is 5.32 Å². The lowest BCUT2D eigenvalue weighted by molar-refractivity contribution is 0.496. The molecule has 2 aromatic rings. The molecule has 0 saturated carbocycles. The topological polar surface area (TPSA) is 12.0 Å². The molecule has 1 nitrogen and oxygen atoms in total. The second kappa shape index (κ2) is 6.02. The van der Waals surface area contributed by atoms with Gasteiger partial charge in [-0.1, -0.05) is 35.5 Å². The minimum absolute atomic E-state index is 0.539. The second-order valence-electron chi connectivity index (χ2n) is 5.51. The first kappa shape index (κ1) is 13.7. The van der Waals surface area contributed by atoms with Crippen molar-refractivity contribution in [3.8, 4) is 0 Å². The summed E-state index contributed by atoms with van der Waals surface area (Å²) in [6.45, 7) is 2.13. The summed E-state index contributed by atoms with van der Waals surface area (Å²) in [5, 5.41) is 3.43. The molecule has 2 aromatic carbocycles. The number of aryl methyl sites for hydroxylation is 2. The highest BCUT2D eigenvalue weighted by Gasteiger charge is 2.18. The molecule has 0 heterocycles. The Bertz CT molecular complexity index is 589. The summed E-state index contributed by atoms with van der Waals surface area (Å²) in [5.74, 6) is 0. The van der Waals surface area contributed by atoms with Crippen molar-refractivity contribution < 1.29 is 0 Å². The molecule has 1 aliphatic carbocycles. The van der Waals surface area contributed by atoms with Crippen LogP contribution in [0.25, 0.3) is 0 Å². The molecule has 1 N–H and O–H groups in total. The van der Waals surface area contributed by atoms with Crippen LogP contribution in [0.1, 0.15) is 35.6 Å². The molecule has 1 unspecified atom stereocenters. The van der Waals surface area contributed by atoms with Crippen LogP contribution in [0.5, 0.6) is 0 Å². The molecule has 20 heavy (non-hydrogen) atoms. The third-order valence-corrected chi connectivity index (χ3v) is 5.03. The van der Waals surface area contributed by atoms with E-state index in [1.807, 2.05) is 11.8 Å². The first-order valence-corrected chi connectivity index (χ1v) is 8.12. The third-order valence-electron chi connectivity index (χ3n) is 4.03. The quantitative estimate of drug-likeness (QED) is 0.873. The molecule has 0 spiro atoms. The Morgan fingerprint density at radius 1 is 1.05 bits per heavy atom.